The van der Waals surface area contributed by atoms with Gasteiger partial charge in [-0.15, -0.1) is 0 Å². The zero-order valence-corrected chi connectivity index (χ0v) is 25.1. The molecular weight excluding hydrogens is 588 g/mol. The molecule has 0 saturated carbocycles. The Balaban J connectivity index is 1.31. The van der Waals surface area contributed by atoms with Crippen LogP contribution in [0.25, 0.3) is 11.3 Å². The van der Waals surface area contributed by atoms with Crippen molar-refractivity contribution in [1.82, 2.24) is 20.2 Å². The number of likely N-dealkylation sites (N-methyl/N-ethyl adjacent to an activating group) is 1. The Kier molecular flexibility index (Phi) is 8.52. The van der Waals surface area contributed by atoms with Crippen molar-refractivity contribution in [2.75, 3.05) is 25.5 Å². The Hall–Kier alpha value is -5.51. The largest absolute Gasteiger partial charge is 0.507 e. The Bertz CT molecular complexity index is 1860. The highest BCUT2D eigenvalue weighted by Crippen LogP contribution is 2.41. The second-order valence-electron chi connectivity index (χ2n) is 11.4. The summed E-state index contributed by atoms with van der Waals surface area (Å²) >= 11 is 0. The molecule has 1 aliphatic rings. The molecule has 2 aromatic heterocycles. The van der Waals surface area contributed by atoms with E-state index < -0.39 is 29.9 Å². The molecule has 0 aliphatic carbocycles. The number of anilines is 2. The molecule has 3 heterocycles. The molecule has 8 nitrogen and oxygen atoms in total. The molecule has 5 aromatic rings. The number of nitrogens with zero attached hydrogens (tertiary/aromatic N) is 2. The fourth-order valence-corrected chi connectivity index (χ4v) is 5.76. The lowest BCUT2D eigenvalue weighted by molar-refractivity contribution is -0.0245. The van der Waals surface area contributed by atoms with Gasteiger partial charge in [0, 0.05) is 62.0 Å². The van der Waals surface area contributed by atoms with Crippen molar-refractivity contribution in [3.8, 4) is 17.0 Å². The minimum atomic E-state index is -3.38. The van der Waals surface area contributed by atoms with Gasteiger partial charge in [0.05, 0.1) is 22.5 Å². The number of rotatable bonds is 10. The van der Waals surface area contributed by atoms with E-state index in [4.69, 9.17) is 0 Å². The van der Waals surface area contributed by atoms with Crippen LogP contribution in [0, 0.1) is 0 Å². The minimum Gasteiger partial charge on any atom is -0.507 e. The van der Waals surface area contributed by atoms with Crippen molar-refractivity contribution in [2.24, 2.45) is 0 Å². The lowest BCUT2D eigenvalue weighted by atomic mass is 9.90. The fourth-order valence-electron chi connectivity index (χ4n) is 5.76. The van der Waals surface area contributed by atoms with E-state index in [0.717, 1.165) is 11.4 Å². The predicted molar refractivity (Wildman–Crippen MR) is 173 cm³/mol. The molecule has 6 rings (SSSR count). The highest BCUT2D eigenvalue weighted by molar-refractivity contribution is 6.06. The summed E-state index contributed by atoms with van der Waals surface area (Å²) < 4.78 is 32.4. The van der Waals surface area contributed by atoms with E-state index in [9.17, 15) is 14.7 Å². The lowest BCUT2D eigenvalue weighted by Gasteiger charge is -2.24. The minimum absolute atomic E-state index is 0.0636. The van der Waals surface area contributed by atoms with E-state index in [2.05, 4.69) is 20.6 Å². The summed E-state index contributed by atoms with van der Waals surface area (Å²) in [5.41, 5.74) is 3.74. The van der Waals surface area contributed by atoms with Crippen LogP contribution in [-0.4, -0.2) is 51.9 Å². The van der Waals surface area contributed by atoms with Crippen LogP contribution in [0.3, 0.4) is 0 Å². The SMILES string of the molecule is CN1CCc2[nH]c(-c3ccnc(C(F)(F)C[C@@H](CNC(=O)c4ccccc4O)c4ccccc4)c3)c(Nc3ccccc3)c2C1=O. The van der Waals surface area contributed by atoms with Crippen molar-refractivity contribution in [3.05, 3.63) is 131 Å². The molecule has 0 bridgehead atoms. The highest BCUT2D eigenvalue weighted by atomic mass is 19.3. The molecule has 3 aromatic carbocycles. The third-order valence-corrected chi connectivity index (χ3v) is 8.23. The number of carbonyl (C=O) groups excluding carboxylic acids is 2. The second kappa shape index (κ2) is 12.8. The summed E-state index contributed by atoms with van der Waals surface area (Å²) in [7, 11) is 1.74. The summed E-state index contributed by atoms with van der Waals surface area (Å²) in [4.78, 5) is 35.1. The zero-order chi connectivity index (χ0) is 32.3. The highest BCUT2D eigenvalue weighted by Gasteiger charge is 2.38. The Morgan fingerprint density at radius 3 is 2.46 bits per heavy atom. The van der Waals surface area contributed by atoms with Crippen LogP contribution in [0.15, 0.2) is 103 Å². The number of carbonyl (C=O) groups is 2. The second-order valence-corrected chi connectivity index (χ2v) is 11.4. The molecule has 0 saturated heterocycles. The van der Waals surface area contributed by atoms with Gasteiger partial charge >= 0.3 is 0 Å². The molecule has 46 heavy (non-hydrogen) atoms. The molecule has 0 spiro atoms. The Labute approximate surface area is 265 Å². The number of amides is 2. The van der Waals surface area contributed by atoms with Crippen molar-refractivity contribution < 1.29 is 23.5 Å². The van der Waals surface area contributed by atoms with E-state index >= 15 is 8.78 Å². The fraction of sp³-hybridized carbons (Fsp3) is 0.194. The molecule has 0 unspecified atom stereocenters. The van der Waals surface area contributed by atoms with Gasteiger partial charge in [0.2, 0.25) is 0 Å². The zero-order valence-electron chi connectivity index (χ0n) is 25.1. The summed E-state index contributed by atoms with van der Waals surface area (Å²) in [6.45, 7) is 0.452. The number of nitrogens with one attached hydrogen (secondary N) is 3. The van der Waals surface area contributed by atoms with Gasteiger partial charge < -0.3 is 25.6 Å². The van der Waals surface area contributed by atoms with Crippen molar-refractivity contribution in [3.63, 3.8) is 0 Å². The maximum Gasteiger partial charge on any atom is 0.290 e. The number of benzene rings is 3. The van der Waals surface area contributed by atoms with Crippen LogP contribution < -0.4 is 10.6 Å². The van der Waals surface area contributed by atoms with Gasteiger partial charge in [0.15, 0.2) is 0 Å². The first-order chi connectivity index (χ1) is 22.2. The number of halogens is 2. The number of para-hydroxylation sites is 2. The smallest absolute Gasteiger partial charge is 0.290 e. The van der Waals surface area contributed by atoms with Gasteiger partial charge in [-0.1, -0.05) is 60.7 Å². The molecule has 10 heteroatoms. The maximum atomic E-state index is 16.2. The number of fused-ring (bicyclic) bond motifs is 1. The topological polar surface area (TPSA) is 110 Å². The van der Waals surface area contributed by atoms with Crippen LogP contribution in [0.1, 0.15) is 50.0 Å². The van der Waals surface area contributed by atoms with E-state index in [1.54, 1.807) is 60.5 Å². The number of pyridine rings is 1. The van der Waals surface area contributed by atoms with Gasteiger partial charge in [0.25, 0.3) is 17.7 Å². The molecule has 1 atom stereocenters. The van der Waals surface area contributed by atoms with Crippen LogP contribution in [0.2, 0.25) is 0 Å². The average Bonchev–Trinajstić information content (AvgIpc) is 3.44. The number of hydrogen-bond donors (Lipinski definition) is 4. The summed E-state index contributed by atoms with van der Waals surface area (Å²) in [5.74, 6) is -5.05. The molecule has 2 amide bonds. The van der Waals surface area contributed by atoms with E-state index in [1.807, 2.05) is 30.3 Å². The third-order valence-electron chi connectivity index (χ3n) is 8.23. The number of aromatic hydroxyl groups is 1. The normalized spacial score (nSPS) is 13.6. The van der Waals surface area contributed by atoms with Crippen LogP contribution in [0.5, 0.6) is 5.75 Å². The number of aromatic nitrogens is 2. The summed E-state index contributed by atoms with van der Waals surface area (Å²) in [5, 5.41) is 16.1. The van der Waals surface area contributed by atoms with Crippen molar-refractivity contribution in [2.45, 2.75) is 24.7 Å². The molecule has 0 fully saturated rings. The molecular formula is C36H33F2N5O3. The number of H-pyrrole nitrogens is 1. The maximum absolute atomic E-state index is 16.2. The first-order valence-corrected chi connectivity index (χ1v) is 15.0. The average molecular weight is 622 g/mol. The summed E-state index contributed by atoms with van der Waals surface area (Å²) in [6, 6.07) is 27.2. The van der Waals surface area contributed by atoms with E-state index in [-0.39, 0.29) is 23.8 Å². The van der Waals surface area contributed by atoms with Gasteiger partial charge in [-0.3, -0.25) is 14.6 Å². The Morgan fingerprint density at radius 1 is 1.02 bits per heavy atom. The number of phenols is 1. The molecule has 4 N–H and O–H groups in total. The third kappa shape index (κ3) is 6.32. The van der Waals surface area contributed by atoms with E-state index in [1.165, 1.54) is 24.4 Å². The quantitative estimate of drug-likeness (QED) is 0.136. The van der Waals surface area contributed by atoms with Gasteiger partial charge in [-0.25, -0.2) is 0 Å². The predicted octanol–water partition coefficient (Wildman–Crippen LogP) is 6.85. The van der Waals surface area contributed by atoms with Gasteiger partial charge in [0.1, 0.15) is 11.4 Å². The molecule has 234 valence electrons. The van der Waals surface area contributed by atoms with Gasteiger partial charge in [-0.05, 0) is 42.0 Å². The van der Waals surface area contributed by atoms with Crippen LogP contribution >= 0.6 is 0 Å². The number of alkyl halides is 2. The van der Waals surface area contributed by atoms with Gasteiger partial charge in [-0.2, -0.15) is 8.78 Å². The van der Waals surface area contributed by atoms with Crippen molar-refractivity contribution >= 4 is 23.2 Å². The number of hydrogen-bond acceptors (Lipinski definition) is 5. The first kappa shape index (κ1) is 30.5. The first-order valence-electron chi connectivity index (χ1n) is 15.0. The van der Waals surface area contributed by atoms with Crippen molar-refractivity contribution in [1.29, 1.82) is 0 Å². The van der Waals surface area contributed by atoms with Crippen LogP contribution in [-0.2, 0) is 12.3 Å². The monoisotopic (exact) mass is 621 g/mol. The van der Waals surface area contributed by atoms with Crippen LogP contribution in [0.4, 0.5) is 20.2 Å². The Morgan fingerprint density at radius 2 is 1.72 bits per heavy atom. The summed E-state index contributed by atoms with van der Waals surface area (Å²) in [6.07, 6.45) is 1.31. The number of aromatic amines is 1. The molecule has 1 aliphatic heterocycles. The van der Waals surface area contributed by atoms with E-state index in [0.29, 0.717) is 41.0 Å². The molecule has 0 radical (unpaired) electrons. The lowest BCUT2D eigenvalue weighted by Crippen LogP contribution is -2.34. The number of phenolic OH excluding ortho intramolecular Hbond substituents is 1. The standard InChI is InChI=1S/C36H33F2N5O3/c1-43-19-17-28-31(35(43)46)33(41-26-12-6-3-7-13-26)32(42-28)24-16-18-39-30(20-24)36(37,38)21-25(23-10-4-2-5-11-23)22-40-34(45)27-14-8-9-15-29(27)44/h2-16,18,20,25,41-42,44H,17,19,21-22H2,1H3,(H,40,45)/t25-/m0/s1.